The number of piperidine rings is 1. The van der Waals surface area contributed by atoms with Gasteiger partial charge in [0.25, 0.3) is 0 Å². The number of hydrogen-bond donors (Lipinski definition) is 1. The molecule has 0 bridgehead atoms. The number of likely N-dealkylation sites (tertiary alicyclic amines) is 1. The lowest BCUT2D eigenvalue weighted by atomic mass is 9.89. The SMILES string of the molecule is CN1CCC2(CC1)c1cccnc1NS2=O. The molecule has 1 atom stereocenters. The predicted molar refractivity (Wildman–Crippen MR) is 64.4 cm³/mol. The fraction of sp³-hybridized carbons (Fsp3) is 0.545. The molecule has 0 radical (unpaired) electrons. The fourth-order valence-electron chi connectivity index (χ4n) is 2.57. The summed E-state index contributed by atoms with van der Waals surface area (Å²) in [7, 11) is 1.09. The molecular formula is C11H15N3OS. The Morgan fingerprint density at radius 3 is 3.00 bits per heavy atom. The lowest BCUT2D eigenvalue weighted by Gasteiger charge is -2.36. The van der Waals surface area contributed by atoms with Gasteiger partial charge in [-0.15, -0.1) is 0 Å². The van der Waals surface area contributed by atoms with Crippen LogP contribution in [0, 0.1) is 0 Å². The van der Waals surface area contributed by atoms with Gasteiger partial charge in [-0.1, -0.05) is 6.07 Å². The van der Waals surface area contributed by atoms with E-state index in [4.69, 9.17) is 0 Å². The van der Waals surface area contributed by atoms with Crippen molar-refractivity contribution in [1.82, 2.24) is 9.88 Å². The summed E-state index contributed by atoms with van der Waals surface area (Å²) in [6.07, 6.45) is 3.64. The van der Waals surface area contributed by atoms with Crippen molar-refractivity contribution in [3.8, 4) is 0 Å². The van der Waals surface area contributed by atoms with E-state index in [1.807, 2.05) is 6.07 Å². The van der Waals surface area contributed by atoms with Crippen LogP contribution in [-0.2, 0) is 15.7 Å². The molecule has 1 aromatic rings. The highest BCUT2D eigenvalue weighted by Gasteiger charge is 2.47. The van der Waals surface area contributed by atoms with Crippen LogP contribution < -0.4 is 4.72 Å². The highest BCUT2D eigenvalue weighted by Crippen LogP contribution is 2.45. The number of pyridine rings is 1. The molecular weight excluding hydrogens is 222 g/mol. The summed E-state index contributed by atoms with van der Waals surface area (Å²) in [6.45, 7) is 2.00. The molecule has 1 fully saturated rings. The summed E-state index contributed by atoms with van der Waals surface area (Å²) in [5.74, 6) is 0.811. The minimum Gasteiger partial charge on any atom is -0.306 e. The van der Waals surface area contributed by atoms with Crippen LogP contribution in [0.1, 0.15) is 18.4 Å². The largest absolute Gasteiger partial charge is 0.306 e. The second-order valence-electron chi connectivity index (χ2n) is 4.57. The topological polar surface area (TPSA) is 45.2 Å². The Bertz CT molecular complexity index is 441. The third kappa shape index (κ3) is 1.31. The molecule has 1 spiro atoms. The third-order valence-corrected chi connectivity index (χ3v) is 5.35. The number of anilines is 1. The van der Waals surface area contributed by atoms with Crippen LogP contribution in [0.5, 0.6) is 0 Å². The summed E-state index contributed by atoms with van der Waals surface area (Å²) >= 11 is 0. The first-order valence-electron chi connectivity index (χ1n) is 5.55. The fourth-order valence-corrected chi connectivity index (χ4v) is 4.03. The zero-order valence-corrected chi connectivity index (χ0v) is 10.1. The minimum atomic E-state index is -1.02. The number of rotatable bonds is 0. The van der Waals surface area contributed by atoms with Crippen molar-refractivity contribution in [3.05, 3.63) is 23.9 Å². The highest BCUT2D eigenvalue weighted by molar-refractivity contribution is 7.87. The molecule has 1 aromatic heterocycles. The van der Waals surface area contributed by atoms with Gasteiger partial charge in [0.15, 0.2) is 0 Å². The predicted octanol–water partition coefficient (Wildman–Crippen LogP) is 1.09. The Hall–Kier alpha value is -0.940. The molecule has 0 amide bonds. The van der Waals surface area contributed by atoms with E-state index in [2.05, 4.69) is 27.7 Å². The first kappa shape index (κ1) is 10.2. The summed E-state index contributed by atoms with van der Waals surface area (Å²) in [6, 6.07) is 3.99. The van der Waals surface area contributed by atoms with E-state index < -0.39 is 11.0 Å². The maximum absolute atomic E-state index is 12.3. The molecule has 1 N–H and O–H groups in total. The zero-order valence-electron chi connectivity index (χ0n) is 9.27. The normalized spacial score (nSPS) is 27.7. The summed E-state index contributed by atoms with van der Waals surface area (Å²) in [5.41, 5.74) is 1.14. The Morgan fingerprint density at radius 1 is 1.50 bits per heavy atom. The molecule has 16 heavy (non-hydrogen) atoms. The number of hydrogen-bond acceptors (Lipinski definition) is 3. The van der Waals surface area contributed by atoms with E-state index in [9.17, 15) is 4.21 Å². The van der Waals surface area contributed by atoms with Crippen molar-refractivity contribution in [2.45, 2.75) is 17.6 Å². The quantitative estimate of drug-likeness (QED) is 0.734. The average Bonchev–Trinajstić information content (AvgIpc) is 2.57. The van der Waals surface area contributed by atoms with Crippen molar-refractivity contribution >= 4 is 16.8 Å². The third-order valence-electron chi connectivity index (χ3n) is 3.64. The Morgan fingerprint density at radius 2 is 2.25 bits per heavy atom. The van der Waals surface area contributed by atoms with Crippen molar-refractivity contribution in [3.63, 3.8) is 0 Å². The van der Waals surface area contributed by atoms with E-state index in [0.717, 1.165) is 37.3 Å². The number of aromatic nitrogens is 1. The monoisotopic (exact) mass is 237 g/mol. The molecule has 0 saturated carbocycles. The second kappa shape index (κ2) is 3.53. The van der Waals surface area contributed by atoms with Gasteiger partial charge < -0.3 is 4.90 Å². The van der Waals surface area contributed by atoms with Crippen molar-refractivity contribution in [1.29, 1.82) is 0 Å². The second-order valence-corrected chi connectivity index (χ2v) is 6.09. The van der Waals surface area contributed by atoms with Gasteiger partial charge in [0.1, 0.15) is 16.8 Å². The molecule has 86 valence electrons. The first-order chi connectivity index (χ1) is 7.72. The van der Waals surface area contributed by atoms with E-state index in [1.54, 1.807) is 6.20 Å². The smallest absolute Gasteiger partial charge is 0.142 e. The Balaban J connectivity index is 2.04. The summed E-state index contributed by atoms with van der Waals surface area (Å²) in [4.78, 5) is 6.55. The van der Waals surface area contributed by atoms with Crippen LogP contribution in [0.3, 0.4) is 0 Å². The maximum atomic E-state index is 12.3. The van der Waals surface area contributed by atoms with Gasteiger partial charge in [0.05, 0.1) is 4.75 Å². The van der Waals surface area contributed by atoms with Crippen LogP contribution in [0.2, 0.25) is 0 Å². The Labute approximate surface area is 97.6 Å². The lowest BCUT2D eigenvalue weighted by molar-refractivity contribution is 0.238. The lowest BCUT2D eigenvalue weighted by Crippen LogP contribution is -2.42. The molecule has 4 nitrogen and oxygen atoms in total. The van der Waals surface area contributed by atoms with Crippen LogP contribution in [0.25, 0.3) is 0 Å². The van der Waals surface area contributed by atoms with Gasteiger partial charge >= 0.3 is 0 Å². The Kier molecular flexibility index (Phi) is 2.26. The molecule has 1 unspecified atom stereocenters. The maximum Gasteiger partial charge on any atom is 0.142 e. The molecule has 3 heterocycles. The van der Waals surface area contributed by atoms with Gasteiger partial charge in [-0.2, -0.15) is 0 Å². The van der Waals surface area contributed by atoms with Gasteiger partial charge in [-0.3, -0.25) is 4.72 Å². The van der Waals surface area contributed by atoms with E-state index >= 15 is 0 Å². The first-order valence-corrected chi connectivity index (χ1v) is 6.70. The standard InChI is InChI=1S/C11H15N3OS/c1-14-7-4-11(5-8-14)9-3-2-6-12-10(9)13-16(11)15/h2-3,6H,4-5,7-8H2,1H3,(H,12,13). The van der Waals surface area contributed by atoms with Crippen LogP contribution in [-0.4, -0.2) is 34.2 Å². The van der Waals surface area contributed by atoms with E-state index in [1.165, 1.54) is 0 Å². The summed E-state index contributed by atoms with van der Waals surface area (Å²) < 4.78 is 15.1. The van der Waals surface area contributed by atoms with Crippen molar-refractivity contribution in [2.75, 3.05) is 24.9 Å². The molecule has 0 aliphatic carbocycles. The zero-order chi connectivity index (χ0) is 11.2. The van der Waals surface area contributed by atoms with E-state index in [0.29, 0.717) is 0 Å². The molecule has 5 heteroatoms. The van der Waals surface area contributed by atoms with Crippen LogP contribution in [0.15, 0.2) is 18.3 Å². The summed E-state index contributed by atoms with van der Waals surface area (Å²) in [5, 5.41) is 0. The van der Waals surface area contributed by atoms with Crippen molar-refractivity contribution < 1.29 is 4.21 Å². The molecule has 2 aliphatic rings. The highest BCUT2D eigenvalue weighted by atomic mass is 32.2. The van der Waals surface area contributed by atoms with E-state index in [-0.39, 0.29) is 4.75 Å². The molecule has 1 saturated heterocycles. The van der Waals surface area contributed by atoms with Gasteiger partial charge in [0.2, 0.25) is 0 Å². The van der Waals surface area contributed by atoms with Gasteiger partial charge in [-0.05, 0) is 39.0 Å². The minimum absolute atomic E-state index is 0.198. The number of nitrogens with zero attached hydrogens (tertiary/aromatic N) is 2. The van der Waals surface area contributed by atoms with Gasteiger partial charge in [-0.25, -0.2) is 9.19 Å². The number of fused-ring (bicyclic) bond motifs is 2. The molecule has 3 rings (SSSR count). The average molecular weight is 237 g/mol. The number of nitrogens with one attached hydrogen (secondary N) is 1. The molecule has 0 aromatic carbocycles. The van der Waals surface area contributed by atoms with Crippen molar-refractivity contribution in [2.24, 2.45) is 0 Å². The van der Waals surface area contributed by atoms with Gasteiger partial charge in [0, 0.05) is 11.8 Å². The van der Waals surface area contributed by atoms with Crippen LogP contribution in [0.4, 0.5) is 5.82 Å². The van der Waals surface area contributed by atoms with Crippen LogP contribution >= 0.6 is 0 Å². The molecule has 2 aliphatic heterocycles.